The predicted octanol–water partition coefficient (Wildman–Crippen LogP) is 2.98. The second-order valence-electron chi connectivity index (χ2n) is 6.29. The first-order valence-corrected chi connectivity index (χ1v) is 8.51. The summed E-state index contributed by atoms with van der Waals surface area (Å²) in [6, 6.07) is 10.5. The highest BCUT2D eigenvalue weighted by Crippen LogP contribution is 2.26. The van der Waals surface area contributed by atoms with E-state index in [0.717, 1.165) is 5.76 Å². The molecule has 2 aromatic heterocycles. The van der Waals surface area contributed by atoms with E-state index in [1.54, 1.807) is 54.4 Å². The molecule has 1 aromatic carbocycles. The number of allylic oxidation sites excluding steroid dienone is 2. The zero-order valence-corrected chi connectivity index (χ0v) is 14.7. The molecule has 0 fully saturated rings. The van der Waals surface area contributed by atoms with Gasteiger partial charge < -0.3 is 9.15 Å². The molecule has 7 nitrogen and oxygen atoms in total. The third-order valence-electron chi connectivity index (χ3n) is 4.46. The van der Waals surface area contributed by atoms with E-state index < -0.39 is 0 Å². The highest BCUT2D eigenvalue weighted by atomic mass is 16.5. The topological polar surface area (TPSA) is 87.2 Å². The molecule has 3 aromatic rings. The number of fused-ring (bicyclic) bond motifs is 1. The van der Waals surface area contributed by atoms with E-state index in [-0.39, 0.29) is 24.7 Å². The number of carbonyl (C=O) groups excluding carboxylic acids is 2. The SMILES string of the molecule is CC1=C(Cn2cc(COCc3ccco3)nn2)C(=O)c2ccccc2C1=O. The fraction of sp³-hybridized carbons (Fsp3) is 0.200. The van der Waals surface area contributed by atoms with Crippen LogP contribution in [0.3, 0.4) is 0 Å². The van der Waals surface area contributed by atoms with Gasteiger partial charge >= 0.3 is 0 Å². The molecule has 2 heterocycles. The number of benzene rings is 1. The van der Waals surface area contributed by atoms with E-state index in [4.69, 9.17) is 9.15 Å². The van der Waals surface area contributed by atoms with Crippen LogP contribution >= 0.6 is 0 Å². The lowest BCUT2D eigenvalue weighted by Crippen LogP contribution is -2.23. The number of hydrogen-bond acceptors (Lipinski definition) is 6. The lowest BCUT2D eigenvalue weighted by molar-refractivity contribution is 0.0905. The van der Waals surface area contributed by atoms with Gasteiger partial charge in [0.05, 0.1) is 25.6 Å². The summed E-state index contributed by atoms with van der Waals surface area (Å²) < 4.78 is 12.3. The third-order valence-corrected chi connectivity index (χ3v) is 4.46. The van der Waals surface area contributed by atoms with E-state index in [9.17, 15) is 9.59 Å². The maximum Gasteiger partial charge on any atom is 0.192 e. The minimum absolute atomic E-state index is 0.123. The number of ether oxygens (including phenoxy) is 1. The van der Waals surface area contributed by atoms with Crippen LogP contribution in [-0.2, 0) is 24.5 Å². The Hall–Kier alpha value is -3.32. The van der Waals surface area contributed by atoms with Crippen LogP contribution in [-0.4, -0.2) is 26.6 Å². The third kappa shape index (κ3) is 3.37. The fourth-order valence-electron chi connectivity index (χ4n) is 3.04. The number of hydrogen-bond donors (Lipinski definition) is 0. The second-order valence-corrected chi connectivity index (χ2v) is 6.29. The summed E-state index contributed by atoms with van der Waals surface area (Å²) in [5.41, 5.74) is 2.41. The standard InChI is InChI=1S/C20H17N3O4/c1-13-18(20(25)17-7-3-2-6-16(17)19(13)24)10-23-9-14(21-22-23)11-26-12-15-5-4-8-27-15/h2-9H,10-12H2,1H3. The number of rotatable bonds is 6. The maximum atomic E-state index is 12.8. The lowest BCUT2D eigenvalue weighted by Gasteiger charge is -2.18. The Labute approximate surface area is 155 Å². The fourth-order valence-corrected chi connectivity index (χ4v) is 3.04. The van der Waals surface area contributed by atoms with E-state index in [1.165, 1.54) is 0 Å². The van der Waals surface area contributed by atoms with Crippen molar-refractivity contribution in [3.8, 4) is 0 Å². The maximum absolute atomic E-state index is 12.8. The van der Waals surface area contributed by atoms with Crippen molar-refractivity contribution in [1.82, 2.24) is 15.0 Å². The Kier molecular flexibility index (Phi) is 4.52. The van der Waals surface area contributed by atoms with Gasteiger partial charge in [0.15, 0.2) is 11.6 Å². The van der Waals surface area contributed by atoms with Crippen molar-refractivity contribution < 1.29 is 18.7 Å². The van der Waals surface area contributed by atoms with Gasteiger partial charge in [0.2, 0.25) is 0 Å². The van der Waals surface area contributed by atoms with Crippen LogP contribution < -0.4 is 0 Å². The van der Waals surface area contributed by atoms with Gasteiger partial charge in [-0.25, -0.2) is 4.68 Å². The molecule has 1 aliphatic rings. The molecular weight excluding hydrogens is 346 g/mol. The molecule has 1 aliphatic carbocycles. The molecule has 0 saturated heterocycles. The number of furan rings is 1. The van der Waals surface area contributed by atoms with E-state index in [1.807, 2.05) is 6.07 Å². The average Bonchev–Trinajstić information content (AvgIpc) is 3.36. The van der Waals surface area contributed by atoms with Crippen molar-refractivity contribution in [2.24, 2.45) is 0 Å². The summed E-state index contributed by atoms with van der Waals surface area (Å²) in [5.74, 6) is 0.462. The molecule has 7 heteroatoms. The first-order chi connectivity index (χ1) is 13.1. The van der Waals surface area contributed by atoms with Gasteiger partial charge in [-0.2, -0.15) is 0 Å². The molecule has 0 N–H and O–H groups in total. The van der Waals surface area contributed by atoms with Gasteiger partial charge in [-0.1, -0.05) is 29.5 Å². The van der Waals surface area contributed by atoms with Gasteiger partial charge in [0, 0.05) is 22.3 Å². The lowest BCUT2D eigenvalue weighted by atomic mass is 9.84. The van der Waals surface area contributed by atoms with Crippen LogP contribution in [0.25, 0.3) is 0 Å². The predicted molar refractivity (Wildman–Crippen MR) is 95.0 cm³/mol. The Morgan fingerprint density at radius 1 is 1.04 bits per heavy atom. The largest absolute Gasteiger partial charge is 0.467 e. The summed E-state index contributed by atoms with van der Waals surface area (Å²) in [6.07, 6.45) is 3.30. The summed E-state index contributed by atoms with van der Waals surface area (Å²) in [4.78, 5) is 25.3. The summed E-state index contributed by atoms with van der Waals surface area (Å²) in [5, 5.41) is 8.09. The van der Waals surface area contributed by atoms with Crippen LogP contribution in [0.1, 0.15) is 39.1 Å². The zero-order chi connectivity index (χ0) is 18.8. The van der Waals surface area contributed by atoms with Gasteiger partial charge in [0.1, 0.15) is 18.1 Å². The number of Topliss-reactive ketones (excluding diaryl/α,β-unsaturated/α-hetero) is 2. The quantitative estimate of drug-likeness (QED) is 0.669. The monoisotopic (exact) mass is 363 g/mol. The molecule has 0 saturated carbocycles. The van der Waals surface area contributed by atoms with Crippen molar-refractivity contribution in [3.05, 3.63) is 82.6 Å². The van der Waals surface area contributed by atoms with Crippen molar-refractivity contribution in [3.63, 3.8) is 0 Å². The molecule has 4 rings (SSSR count). The smallest absolute Gasteiger partial charge is 0.192 e. The first-order valence-electron chi connectivity index (χ1n) is 8.51. The van der Waals surface area contributed by atoms with E-state index in [2.05, 4.69) is 10.3 Å². The highest BCUT2D eigenvalue weighted by molar-refractivity contribution is 6.26. The van der Waals surface area contributed by atoms with Gasteiger partial charge in [0.25, 0.3) is 0 Å². The molecule has 0 amide bonds. The van der Waals surface area contributed by atoms with Crippen molar-refractivity contribution in [1.29, 1.82) is 0 Å². The molecule has 27 heavy (non-hydrogen) atoms. The summed E-state index contributed by atoms with van der Waals surface area (Å²) in [7, 11) is 0. The molecular formula is C20H17N3O4. The zero-order valence-electron chi connectivity index (χ0n) is 14.7. The Balaban J connectivity index is 1.46. The van der Waals surface area contributed by atoms with Crippen molar-refractivity contribution in [2.45, 2.75) is 26.7 Å². The molecule has 0 radical (unpaired) electrons. The van der Waals surface area contributed by atoms with Crippen molar-refractivity contribution in [2.75, 3.05) is 0 Å². The Morgan fingerprint density at radius 2 is 1.81 bits per heavy atom. The van der Waals surface area contributed by atoms with Crippen LogP contribution in [0, 0.1) is 0 Å². The van der Waals surface area contributed by atoms with Crippen LogP contribution in [0.5, 0.6) is 0 Å². The summed E-state index contributed by atoms with van der Waals surface area (Å²) >= 11 is 0. The molecule has 0 bridgehead atoms. The van der Waals surface area contributed by atoms with E-state index in [0.29, 0.717) is 34.6 Å². The van der Waals surface area contributed by atoms with Gasteiger partial charge in [-0.3, -0.25) is 9.59 Å². The molecule has 0 aliphatic heterocycles. The average molecular weight is 363 g/mol. The molecule has 0 spiro atoms. The first kappa shape index (κ1) is 17.1. The molecule has 0 unspecified atom stereocenters. The second kappa shape index (κ2) is 7.13. The van der Waals surface area contributed by atoms with E-state index >= 15 is 0 Å². The van der Waals surface area contributed by atoms with Crippen LogP contribution in [0.15, 0.2) is 64.4 Å². The Morgan fingerprint density at radius 3 is 2.56 bits per heavy atom. The number of ketones is 2. The molecule has 0 atom stereocenters. The van der Waals surface area contributed by atoms with Gasteiger partial charge in [-0.05, 0) is 19.1 Å². The normalized spacial score (nSPS) is 14.0. The van der Waals surface area contributed by atoms with Crippen molar-refractivity contribution >= 4 is 11.6 Å². The number of carbonyl (C=O) groups is 2. The molecule has 136 valence electrons. The minimum atomic E-state index is -0.145. The highest BCUT2D eigenvalue weighted by Gasteiger charge is 2.29. The summed E-state index contributed by atoms with van der Waals surface area (Å²) in [6.45, 7) is 2.48. The van der Waals surface area contributed by atoms with Crippen LogP contribution in [0.2, 0.25) is 0 Å². The van der Waals surface area contributed by atoms with Gasteiger partial charge in [-0.15, -0.1) is 5.10 Å². The number of aromatic nitrogens is 3. The van der Waals surface area contributed by atoms with Crippen LogP contribution in [0.4, 0.5) is 0 Å². The Bertz CT molecular complexity index is 1030. The minimum Gasteiger partial charge on any atom is -0.467 e. The number of nitrogens with zero attached hydrogens (tertiary/aromatic N) is 3.